The van der Waals surface area contributed by atoms with Crippen molar-refractivity contribution in [2.45, 2.75) is 26.3 Å². The average molecular weight is 345 g/mol. The first-order valence-corrected chi connectivity index (χ1v) is 3.25. The minimum Gasteiger partial charge on any atom is -0.341 e. The fourth-order valence-electron chi connectivity index (χ4n) is 0. The molecule has 0 saturated heterocycles. The van der Waals surface area contributed by atoms with E-state index in [0.29, 0.717) is 5.54 Å². The van der Waals surface area contributed by atoms with Gasteiger partial charge < -0.3 is 4.98 Å². The molecule has 78 valence electrons. The molecule has 0 aliphatic heterocycles. The van der Waals surface area contributed by atoms with Gasteiger partial charge in [-0.3, -0.25) is 0 Å². The standard InChI is InChI=1S/C4H13NSi.4ClH.2Ti/c1-4(2,3)5-6;;;;;;/h5H,1-3,6H3;4*1H;;. The van der Waals surface area contributed by atoms with Crippen LogP contribution >= 0.6 is 49.6 Å². The van der Waals surface area contributed by atoms with Crippen molar-refractivity contribution in [3.63, 3.8) is 0 Å². The summed E-state index contributed by atoms with van der Waals surface area (Å²) in [5, 5.41) is 0. The van der Waals surface area contributed by atoms with Crippen molar-refractivity contribution in [2.24, 2.45) is 0 Å². The molecule has 1 N–H and O–H groups in total. The predicted octanol–water partition coefficient (Wildman–Crippen LogP) is 1.34. The van der Waals surface area contributed by atoms with Gasteiger partial charge in [0.15, 0.2) is 0 Å². The summed E-state index contributed by atoms with van der Waals surface area (Å²) in [6.45, 7) is 6.50. The molecule has 0 unspecified atom stereocenters. The summed E-state index contributed by atoms with van der Waals surface area (Å²) < 4.78 is 0. The summed E-state index contributed by atoms with van der Waals surface area (Å²) in [5.41, 5.74) is 0.353. The Kier molecular flexibility index (Phi) is 90.9. The van der Waals surface area contributed by atoms with E-state index in [9.17, 15) is 0 Å². The van der Waals surface area contributed by atoms with E-state index in [-0.39, 0.29) is 93.1 Å². The number of nitrogens with one attached hydrogen (secondary N) is 1. The smallest absolute Gasteiger partial charge is 0.0755 e. The zero-order chi connectivity index (χ0) is 5.21. The van der Waals surface area contributed by atoms with Crippen LogP contribution < -0.4 is 4.98 Å². The Balaban J connectivity index is -0.00000000833. The maximum atomic E-state index is 3.24. The van der Waals surface area contributed by atoms with Gasteiger partial charge in [0.1, 0.15) is 0 Å². The third kappa shape index (κ3) is 53.2. The maximum Gasteiger partial charge on any atom is 0.0755 e. The zero-order valence-electron chi connectivity index (χ0n) is 7.63. The van der Waals surface area contributed by atoms with Gasteiger partial charge in [0.25, 0.3) is 0 Å². The molecule has 0 amide bonds. The molecule has 0 aromatic heterocycles. The van der Waals surface area contributed by atoms with Crippen molar-refractivity contribution >= 4 is 60.0 Å². The maximum absolute atomic E-state index is 3.24. The molecule has 0 aromatic carbocycles. The van der Waals surface area contributed by atoms with Crippen LogP contribution in [-0.2, 0) is 43.4 Å². The van der Waals surface area contributed by atoms with Gasteiger partial charge in [-0.05, 0) is 20.8 Å². The third-order valence-corrected chi connectivity index (χ3v) is 2.25. The third-order valence-electron chi connectivity index (χ3n) is 0.750. The molecule has 0 spiro atoms. The Hall–Kier alpha value is 2.77. The van der Waals surface area contributed by atoms with E-state index < -0.39 is 0 Å². The van der Waals surface area contributed by atoms with E-state index in [1.807, 2.05) is 0 Å². The first kappa shape index (κ1) is 46.4. The number of hydrogen-bond acceptors (Lipinski definition) is 1. The Labute approximate surface area is 133 Å². The molecular formula is C4H17Cl4NSiTi2. The predicted molar refractivity (Wildman–Crippen MR) is 61.8 cm³/mol. The van der Waals surface area contributed by atoms with Gasteiger partial charge in [0.05, 0.1) is 10.4 Å². The fourth-order valence-corrected chi connectivity index (χ4v) is 0. The second-order valence-corrected chi connectivity index (χ2v) is 3.00. The number of halogens is 4. The van der Waals surface area contributed by atoms with Gasteiger partial charge in [-0.25, -0.2) is 0 Å². The van der Waals surface area contributed by atoms with Crippen LogP contribution in [0.15, 0.2) is 0 Å². The largest absolute Gasteiger partial charge is 0.341 e. The van der Waals surface area contributed by atoms with Gasteiger partial charge in [0.2, 0.25) is 0 Å². The van der Waals surface area contributed by atoms with E-state index in [2.05, 4.69) is 25.8 Å². The van der Waals surface area contributed by atoms with Crippen molar-refractivity contribution in [1.29, 1.82) is 0 Å². The minimum atomic E-state index is 0. The normalized spacial score (nSPS) is 6.25. The van der Waals surface area contributed by atoms with Crippen LogP contribution in [0.25, 0.3) is 0 Å². The number of hydrogen-bond donors (Lipinski definition) is 1. The van der Waals surface area contributed by atoms with Crippen molar-refractivity contribution in [3.05, 3.63) is 0 Å². The zero-order valence-corrected chi connectivity index (χ0v) is 16.0. The van der Waals surface area contributed by atoms with E-state index in [0.717, 1.165) is 10.4 Å². The topological polar surface area (TPSA) is 12.0 Å². The molecule has 0 bridgehead atoms. The molecule has 12 heavy (non-hydrogen) atoms. The first-order chi connectivity index (χ1) is 2.56. The molecule has 0 radical (unpaired) electrons. The molecule has 0 aromatic rings. The van der Waals surface area contributed by atoms with Crippen LogP contribution in [0.4, 0.5) is 0 Å². The summed E-state index contributed by atoms with van der Waals surface area (Å²) in [6, 6.07) is 0. The Morgan fingerprint density at radius 1 is 0.833 bits per heavy atom. The van der Waals surface area contributed by atoms with Gasteiger partial charge in [-0.2, -0.15) is 0 Å². The van der Waals surface area contributed by atoms with Gasteiger partial charge in [0, 0.05) is 49.0 Å². The van der Waals surface area contributed by atoms with Crippen LogP contribution in [0.2, 0.25) is 0 Å². The second-order valence-electron chi connectivity index (χ2n) is 2.50. The van der Waals surface area contributed by atoms with Crippen LogP contribution in [-0.4, -0.2) is 15.9 Å². The van der Waals surface area contributed by atoms with Gasteiger partial charge >= 0.3 is 0 Å². The van der Waals surface area contributed by atoms with Crippen LogP contribution in [0.3, 0.4) is 0 Å². The second kappa shape index (κ2) is 23.5. The summed E-state index contributed by atoms with van der Waals surface area (Å²) in [5.74, 6) is 0. The molecular weight excluding hydrogens is 328 g/mol. The van der Waals surface area contributed by atoms with Crippen molar-refractivity contribution < 1.29 is 43.4 Å². The van der Waals surface area contributed by atoms with Gasteiger partial charge in [-0.15, -0.1) is 49.6 Å². The van der Waals surface area contributed by atoms with Crippen LogP contribution in [0.5, 0.6) is 0 Å². The Morgan fingerprint density at radius 2 is 0.917 bits per heavy atom. The van der Waals surface area contributed by atoms with E-state index >= 15 is 0 Å². The van der Waals surface area contributed by atoms with Gasteiger partial charge in [-0.1, -0.05) is 0 Å². The SMILES string of the molecule is CC(C)(C)N[SiH3].Cl.Cl.Cl.Cl.[Ti].[Ti]. The molecule has 0 aliphatic carbocycles. The minimum absolute atomic E-state index is 0. The fraction of sp³-hybridized carbons (Fsp3) is 1.00. The van der Waals surface area contributed by atoms with Crippen molar-refractivity contribution in [3.8, 4) is 0 Å². The molecule has 8 heteroatoms. The quantitative estimate of drug-likeness (QED) is 0.654. The molecule has 0 heterocycles. The molecule has 0 atom stereocenters. The van der Waals surface area contributed by atoms with Crippen molar-refractivity contribution in [2.75, 3.05) is 0 Å². The first-order valence-electron chi connectivity index (χ1n) is 2.25. The monoisotopic (exact) mass is 343 g/mol. The summed E-state index contributed by atoms with van der Waals surface area (Å²) >= 11 is 0. The average Bonchev–Trinajstić information content (AvgIpc) is 1.35. The Bertz CT molecular complexity index is 54.8. The molecule has 0 fully saturated rings. The van der Waals surface area contributed by atoms with E-state index in [1.54, 1.807) is 0 Å². The number of rotatable bonds is 0. The summed E-state index contributed by atoms with van der Waals surface area (Å²) in [6.07, 6.45) is 0. The summed E-state index contributed by atoms with van der Waals surface area (Å²) in [7, 11) is 1.10. The molecule has 0 aliphatic rings. The Morgan fingerprint density at radius 3 is 0.917 bits per heavy atom. The molecule has 0 rings (SSSR count). The van der Waals surface area contributed by atoms with Crippen molar-refractivity contribution in [1.82, 2.24) is 4.98 Å². The van der Waals surface area contributed by atoms with E-state index in [1.165, 1.54) is 0 Å². The molecule has 1 nitrogen and oxygen atoms in total. The van der Waals surface area contributed by atoms with E-state index in [4.69, 9.17) is 0 Å². The van der Waals surface area contributed by atoms with Crippen LogP contribution in [0, 0.1) is 0 Å². The molecule has 0 saturated carbocycles. The van der Waals surface area contributed by atoms with Crippen LogP contribution in [0.1, 0.15) is 20.8 Å². The summed E-state index contributed by atoms with van der Waals surface area (Å²) in [4.78, 5) is 3.24.